The smallest absolute Gasteiger partial charge is 0.289 e. The van der Waals surface area contributed by atoms with E-state index in [1.807, 2.05) is 73.1 Å². The lowest BCUT2D eigenvalue weighted by atomic mass is 10.1. The van der Waals surface area contributed by atoms with Crippen molar-refractivity contribution in [3.05, 3.63) is 99.1 Å². The summed E-state index contributed by atoms with van der Waals surface area (Å²) in [6, 6.07) is 21.4. The van der Waals surface area contributed by atoms with Crippen molar-refractivity contribution >= 4 is 40.6 Å². The number of nitro groups is 1. The molecule has 1 aromatic heterocycles. The molecule has 1 atom stereocenters. The van der Waals surface area contributed by atoms with E-state index in [4.69, 9.17) is 11.6 Å². The third-order valence-electron chi connectivity index (χ3n) is 5.12. The van der Waals surface area contributed by atoms with Gasteiger partial charge < -0.3 is 9.88 Å². The van der Waals surface area contributed by atoms with Crippen LogP contribution in [0, 0.1) is 17.0 Å². The van der Waals surface area contributed by atoms with Gasteiger partial charge in [0.05, 0.1) is 4.92 Å². The zero-order chi connectivity index (χ0) is 24.2. The predicted molar refractivity (Wildman–Crippen MR) is 133 cm³/mol. The Morgan fingerprint density at radius 3 is 2.47 bits per heavy atom. The van der Waals surface area contributed by atoms with E-state index in [9.17, 15) is 14.9 Å². The first-order valence-corrected chi connectivity index (χ1v) is 11.5. The lowest BCUT2D eigenvalue weighted by Crippen LogP contribution is -2.19. The van der Waals surface area contributed by atoms with E-state index in [1.54, 1.807) is 0 Å². The standard InChI is InChI=1S/C24H20ClN5O3S/c1-15-8-10-17(11-9-15)22-27-28-24(29(22)2)34-21(16-6-4-3-5-7-16)23(31)26-18-12-13-19(25)20(14-18)30(32)33/h3-14,21H,1-2H3,(H,26,31). The summed E-state index contributed by atoms with van der Waals surface area (Å²) in [5.74, 6) is 0.329. The highest BCUT2D eigenvalue weighted by molar-refractivity contribution is 8.00. The fraction of sp³-hybridized carbons (Fsp3) is 0.125. The van der Waals surface area contributed by atoms with Crippen LogP contribution in [0.1, 0.15) is 16.4 Å². The van der Waals surface area contributed by atoms with Crippen molar-refractivity contribution in [3.8, 4) is 11.4 Å². The van der Waals surface area contributed by atoms with E-state index in [0.717, 1.165) is 16.7 Å². The number of nitrogens with one attached hydrogen (secondary N) is 1. The van der Waals surface area contributed by atoms with Crippen LogP contribution in [-0.4, -0.2) is 25.6 Å². The largest absolute Gasteiger partial charge is 0.325 e. The number of aryl methyl sites for hydroxylation is 1. The number of rotatable bonds is 7. The number of anilines is 1. The van der Waals surface area contributed by atoms with Crippen LogP contribution < -0.4 is 5.32 Å². The van der Waals surface area contributed by atoms with Gasteiger partial charge in [-0.05, 0) is 24.6 Å². The second-order valence-corrected chi connectivity index (χ2v) is 9.03. The lowest BCUT2D eigenvalue weighted by Gasteiger charge is -2.17. The van der Waals surface area contributed by atoms with Crippen molar-refractivity contribution in [1.82, 2.24) is 14.8 Å². The number of aromatic nitrogens is 3. The molecule has 8 nitrogen and oxygen atoms in total. The SMILES string of the molecule is Cc1ccc(-c2nnc(SC(C(=O)Nc3ccc(Cl)c([N+](=O)[O-])c3)c3ccccc3)n2C)cc1. The summed E-state index contributed by atoms with van der Waals surface area (Å²) in [5.41, 5.74) is 2.82. The van der Waals surface area contributed by atoms with Crippen LogP contribution in [0.25, 0.3) is 11.4 Å². The molecule has 0 saturated carbocycles. The predicted octanol–water partition coefficient (Wildman–Crippen LogP) is 5.82. The van der Waals surface area contributed by atoms with Crippen LogP contribution in [0.5, 0.6) is 0 Å². The Kier molecular flexibility index (Phi) is 6.95. The molecule has 34 heavy (non-hydrogen) atoms. The highest BCUT2D eigenvalue weighted by atomic mass is 35.5. The van der Waals surface area contributed by atoms with Crippen LogP contribution in [0.3, 0.4) is 0 Å². The third-order valence-corrected chi connectivity index (χ3v) is 6.73. The fourth-order valence-electron chi connectivity index (χ4n) is 3.32. The Morgan fingerprint density at radius 1 is 1.09 bits per heavy atom. The number of carbonyl (C=O) groups excluding carboxylic acids is 1. The van der Waals surface area contributed by atoms with E-state index in [-0.39, 0.29) is 22.3 Å². The molecule has 3 aromatic carbocycles. The summed E-state index contributed by atoms with van der Waals surface area (Å²) in [6.07, 6.45) is 0. The normalized spacial score (nSPS) is 11.7. The van der Waals surface area contributed by atoms with Crippen molar-refractivity contribution < 1.29 is 9.72 Å². The maximum Gasteiger partial charge on any atom is 0.289 e. The number of hydrogen-bond acceptors (Lipinski definition) is 6. The topological polar surface area (TPSA) is 103 Å². The molecule has 0 spiro atoms. The molecule has 1 heterocycles. The van der Waals surface area contributed by atoms with E-state index >= 15 is 0 Å². The Bertz CT molecular complexity index is 1340. The molecular formula is C24H20ClN5O3S. The summed E-state index contributed by atoms with van der Waals surface area (Å²) >= 11 is 7.14. The summed E-state index contributed by atoms with van der Waals surface area (Å²) in [6.45, 7) is 2.01. The van der Waals surface area contributed by atoms with Crippen LogP contribution in [-0.2, 0) is 11.8 Å². The number of hydrogen-bond donors (Lipinski definition) is 1. The first-order chi connectivity index (χ1) is 16.3. The van der Waals surface area contributed by atoms with Gasteiger partial charge in [-0.3, -0.25) is 14.9 Å². The first kappa shape index (κ1) is 23.5. The van der Waals surface area contributed by atoms with Gasteiger partial charge in [-0.25, -0.2) is 0 Å². The average molecular weight is 494 g/mol. The Balaban J connectivity index is 1.63. The second kappa shape index (κ2) is 10.1. The summed E-state index contributed by atoms with van der Waals surface area (Å²) in [4.78, 5) is 23.9. The number of benzene rings is 3. The molecule has 0 aliphatic carbocycles. The molecule has 4 rings (SSSR count). The van der Waals surface area contributed by atoms with Crippen LogP contribution in [0.15, 0.2) is 78.0 Å². The minimum absolute atomic E-state index is 0.000275. The fourth-order valence-corrected chi connectivity index (χ4v) is 4.50. The molecular weight excluding hydrogens is 474 g/mol. The molecule has 1 amide bonds. The molecule has 0 fully saturated rings. The molecule has 0 saturated heterocycles. The molecule has 1 N–H and O–H groups in total. The average Bonchev–Trinajstić information content (AvgIpc) is 3.19. The second-order valence-electron chi connectivity index (χ2n) is 7.55. The zero-order valence-electron chi connectivity index (χ0n) is 18.3. The number of halogens is 1. The van der Waals surface area contributed by atoms with Crippen LogP contribution >= 0.6 is 23.4 Å². The highest BCUT2D eigenvalue weighted by Crippen LogP contribution is 2.37. The highest BCUT2D eigenvalue weighted by Gasteiger charge is 2.26. The van der Waals surface area contributed by atoms with Crippen molar-refractivity contribution in [1.29, 1.82) is 0 Å². The minimum Gasteiger partial charge on any atom is -0.325 e. The zero-order valence-corrected chi connectivity index (χ0v) is 19.9. The van der Waals surface area contributed by atoms with E-state index < -0.39 is 10.2 Å². The maximum absolute atomic E-state index is 13.3. The van der Waals surface area contributed by atoms with Crippen molar-refractivity contribution in [2.45, 2.75) is 17.3 Å². The number of nitro benzene ring substituents is 1. The Hall–Kier alpha value is -3.69. The van der Waals surface area contributed by atoms with Gasteiger partial charge in [0.2, 0.25) is 5.91 Å². The monoisotopic (exact) mass is 493 g/mol. The lowest BCUT2D eigenvalue weighted by molar-refractivity contribution is -0.384. The summed E-state index contributed by atoms with van der Waals surface area (Å²) < 4.78 is 1.84. The molecule has 10 heteroatoms. The molecule has 172 valence electrons. The van der Waals surface area contributed by atoms with E-state index in [0.29, 0.717) is 11.0 Å². The Morgan fingerprint density at radius 2 is 1.79 bits per heavy atom. The maximum atomic E-state index is 13.3. The van der Waals surface area contributed by atoms with Crippen LogP contribution in [0.4, 0.5) is 11.4 Å². The van der Waals surface area contributed by atoms with Crippen molar-refractivity contribution in [2.75, 3.05) is 5.32 Å². The van der Waals surface area contributed by atoms with Gasteiger partial charge in [0.25, 0.3) is 5.69 Å². The first-order valence-electron chi connectivity index (χ1n) is 10.3. The summed E-state index contributed by atoms with van der Waals surface area (Å²) in [5, 5.41) is 22.5. The summed E-state index contributed by atoms with van der Waals surface area (Å²) in [7, 11) is 1.85. The van der Waals surface area contributed by atoms with Gasteiger partial charge in [0, 0.05) is 24.4 Å². The van der Waals surface area contributed by atoms with Gasteiger partial charge in [0.15, 0.2) is 11.0 Å². The van der Waals surface area contributed by atoms with Gasteiger partial charge in [-0.1, -0.05) is 83.5 Å². The molecule has 0 aliphatic heterocycles. The van der Waals surface area contributed by atoms with Crippen LogP contribution in [0.2, 0.25) is 5.02 Å². The van der Waals surface area contributed by atoms with Gasteiger partial charge in [-0.15, -0.1) is 10.2 Å². The Labute approximate surface area is 205 Å². The van der Waals surface area contributed by atoms with Gasteiger partial charge in [0.1, 0.15) is 10.3 Å². The van der Waals surface area contributed by atoms with Gasteiger partial charge in [-0.2, -0.15) is 0 Å². The van der Waals surface area contributed by atoms with E-state index in [1.165, 1.54) is 30.0 Å². The number of carbonyl (C=O) groups is 1. The van der Waals surface area contributed by atoms with Crippen molar-refractivity contribution in [2.24, 2.45) is 7.05 Å². The minimum atomic E-state index is -0.676. The quantitative estimate of drug-likeness (QED) is 0.197. The van der Waals surface area contributed by atoms with Gasteiger partial charge >= 0.3 is 0 Å². The molecule has 0 radical (unpaired) electrons. The van der Waals surface area contributed by atoms with Crippen molar-refractivity contribution in [3.63, 3.8) is 0 Å². The third kappa shape index (κ3) is 5.11. The number of amides is 1. The number of nitrogens with zero attached hydrogens (tertiary/aromatic N) is 4. The van der Waals surface area contributed by atoms with E-state index in [2.05, 4.69) is 15.5 Å². The molecule has 0 bridgehead atoms. The molecule has 4 aromatic rings. The molecule has 0 aliphatic rings. The number of thioether (sulfide) groups is 1. The molecule has 1 unspecified atom stereocenters.